The molecule has 4 nitrogen and oxygen atoms in total. The van der Waals surface area contributed by atoms with E-state index in [1.807, 2.05) is 18.2 Å². The van der Waals surface area contributed by atoms with Gasteiger partial charge in [0.2, 0.25) is 0 Å². The molecule has 0 saturated heterocycles. The standard InChI is InChI=1S/C16H17FN2O2/c1-11-2-3-12(8-15(11)17)9-19-13-4-6-14(7-5-13)21-10-16(18)20/h2-8,19H,9-10H2,1H3,(H2,18,20). The van der Waals surface area contributed by atoms with E-state index < -0.39 is 5.91 Å². The van der Waals surface area contributed by atoms with Gasteiger partial charge in [-0.3, -0.25) is 4.79 Å². The minimum Gasteiger partial charge on any atom is -0.484 e. The molecular weight excluding hydrogens is 271 g/mol. The summed E-state index contributed by atoms with van der Waals surface area (Å²) in [6.45, 7) is 2.12. The molecule has 0 heterocycles. The van der Waals surface area contributed by atoms with Crippen molar-refractivity contribution in [2.45, 2.75) is 13.5 Å². The van der Waals surface area contributed by atoms with Crippen molar-refractivity contribution >= 4 is 11.6 Å². The number of ether oxygens (including phenoxy) is 1. The summed E-state index contributed by atoms with van der Waals surface area (Å²) < 4.78 is 18.6. The SMILES string of the molecule is Cc1ccc(CNc2ccc(OCC(N)=O)cc2)cc1F. The van der Waals surface area contributed by atoms with Gasteiger partial charge in [0, 0.05) is 12.2 Å². The molecule has 0 aromatic heterocycles. The van der Waals surface area contributed by atoms with Gasteiger partial charge >= 0.3 is 0 Å². The van der Waals surface area contributed by atoms with E-state index in [2.05, 4.69) is 5.32 Å². The number of halogens is 1. The number of carbonyl (C=O) groups excluding carboxylic acids is 1. The number of nitrogens with two attached hydrogens (primary N) is 1. The second-order valence-corrected chi connectivity index (χ2v) is 4.72. The summed E-state index contributed by atoms with van der Waals surface area (Å²) in [7, 11) is 0. The van der Waals surface area contributed by atoms with Crippen molar-refractivity contribution in [2.24, 2.45) is 5.73 Å². The van der Waals surface area contributed by atoms with Crippen molar-refractivity contribution < 1.29 is 13.9 Å². The Labute approximate surface area is 122 Å². The lowest BCUT2D eigenvalue weighted by atomic mass is 10.1. The third kappa shape index (κ3) is 4.49. The van der Waals surface area contributed by atoms with Gasteiger partial charge in [0.15, 0.2) is 6.61 Å². The van der Waals surface area contributed by atoms with E-state index in [0.29, 0.717) is 17.9 Å². The molecule has 0 spiro atoms. The van der Waals surface area contributed by atoms with Gasteiger partial charge in [0.1, 0.15) is 11.6 Å². The molecule has 0 fully saturated rings. The lowest BCUT2D eigenvalue weighted by Gasteiger charge is -2.09. The van der Waals surface area contributed by atoms with Crippen LogP contribution < -0.4 is 15.8 Å². The fourth-order valence-corrected chi connectivity index (χ4v) is 1.77. The molecule has 0 unspecified atom stereocenters. The van der Waals surface area contributed by atoms with Crippen LogP contribution in [0.1, 0.15) is 11.1 Å². The summed E-state index contributed by atoms with van der Waals surface area (Å²) in [4.78, 5) is 10.6. The quantitative estimate of drug-likeness (QED) is 0.858. The van der Waals surface area contributed by atoms with Crippen LogP contribution in [0.5, 0.6) is 5.75 Å². The van der Waals surface area contributed by atoms with Crippen LogP contribution in [-0.4, -0.2) is 12.5 Å². The second-order valence-electron chi connectivity index (χ2n) is 4.72. The van der Waals surface area contributed by atoms with Crippen LogP contribution in [0, 0.1) is 12.7 Å². The summed E-state index contributed by atoms with van der Waals surface area (Å²) in [5.74, 6) is -0.149. The molecule has 5 heteroatoms. The molecule has 0 atom stereocenters. The highest BCUT2D eigenvalue weighted by molar-refractivity contribution is 5.75. The van der Waals surface area contributed by atoms with Crippen LogP contribution in [0.15, 0.2) is 42.5 Å². The second kappa shape index (κ2) is 6.74. The number of hydrogen-bond donors (Lipinski definition) is 2. The van der Waals surface area contributed by atoms with Gasteiger partial charge in [-0.25, -0.2) is 4.39 Å². The Kier molecular flexibility index (Phi) is 4.77. The zero-order valence-electron chi connectivity index (χ0n) is 11.7. The van der Waals surface area contributed by atoms with Gasteiger partial charge in [-0.1, -0.05) is 12.1 Å². The van der Waals surface area contributed by atoms with E-state index in [4.69, 9.17) is 10.5 Å². The summed E-state index contributed by atoms with van der Waals surface area (Å²) in [6, 6.07) is 12.3. The molecule has 1 amide bonds. The highest BCUT2D eigenvalue weighted by Crippen LogP contribution is 2.17. The van der Waals surface area contributed by atoms with Crippen LogP contribution in [0.4, 0.5) is 10.1 Å². The summed E-state index contributed by atoms with van der Waals surface area (Å²) in [5, 5.41) is 3.19. The maximum atomic E-state index is 13.4. The molecule has 21 heavy (non-hydrogen) atoms. The van der Waals surface area contributed by atoms with E-state index in [1.54, 1.807) is 25.1 Å². The molecule has 2 aromatic rings. The molecule has 3 N–H and O–H groups in total. The predicted octanol–water partition coefficient (Wildman–Crippen LogP) is 2.61. The molecule has 110 valence electrons. The number of amides is 1. The van der Waals surface area contributed by atoms with E-state index in [0.717, 1.165) is 11.3 Å². The average Bonchev–Trinajstić information content (AvgIpc) is 2.47. The molecule has 2 rings (SSSR count). The number of primary amides is 1. The molecular formula is C16H17FN2O2. The number of benzene rings is 2. The van der Waals surface area contributed by atoms with Crippen LogP contribution in [0.3, 0.4) is 0 Å². The zero-order chi connectivity index (χ0) is 15.2. The van der Waals surface area contributed by atoms with Gasteiger partial charge in [-0.05, 0) is 48.4 Å². The summed E-state index contributed by atoms with van der Waals surface area (Å²) in [5.41, 5.74) is 7.38. The number of carbonyl (C=O) groups is 1. The van der Waals surface area contributed by atoms with Gasteiger partial charge in [0.25, 0.3) is 5.91 Å². The lowest BCUT2D eigenvalue weighted by molar-refractivity contribution is -0.119. The first-order valence-electron chi connectivity index (χ1n) is 6.54. The van der Waals surface area contributed by atoms with Crippen molar-refractivity contribution in [3.05, 3.63) is 59.4 Å². The topological polar surface area (TPSA) is 64.3 Å². The van der Waals surface area contributed by atoms with Gasteiger partial charge in [-0.15, -0.1) is 0 Å². The van der Waals surface area contributed by atoms with Gasteiger partial charge < -0.3 is 15.8 Å². The molecule has 2 aromatic carbocycles. The number of anilines is 1. The zero-order valence-corrected chi connectivity index (χ0v) is 11.7. The van der Waals surface area contributed by atoms with Crippen LogP contribution >= 0.6 is 0 Å². The van der Waals surface area contributed by atoms with Crippen LogP contribution in [0.2, 0.25) is 0 Å². The van der Waals surface area contributed by atoms with E-state index >= 15 is 0 Å². The first kappa shape index (κ1) is 14.8. The monoisotopic (exact) mass is 288 g/mol. The minimum absolute atomic E-state index is 0.143. The maximum Gasteiger partial charge on any atom is 0.255 e. The Morgan fingerprint density at radius 3 is 2.57 bits per heavy atom. The van der Waals surface area contributed by atoms with Crippen molar-refractivity contribution in [3.8, 4) is 5.75 Å². The lowest BCUT2D eigenvalue weighted by Crippen LogP contribution is -2.19. The Morgan fingerprint density at radius 2 is 1.95 bits per heavy atom. The molecule has 0 aliphatic rings. The summed E-state index contributed by atoms with van der Waals surface area (Å²) >= 11 is 0. The van der Waals surface area contributed by atoms with Gasteiger partial charge in [-0.2, -0.15) is 0 Å². The van der Waals surface area contributed by atoms with E-state index in [1.165, 1.54) is 6.07 Å². The third-order valence-corrected chi connectivity index (χ3v) is 2.97. The van der Waals surface area contributed by atoms with Crippen molar-refractivity contribution in [2.75, 3.05) is 11.9 Å². The minimum atomic E-state index is -0.515. The third-order valence-electron chi connectivity index (χ3n) is 2.97. The van der Waals surface area contributed by atoms with Crippen LogP contribution in [0.25, 0.3) is 0 Å². The van der Waals surface area contributed by atoms with E-state index in [-0.39, 0.29) is 12.4 Å². The average molecular weight is 288 g/mol. The Morgan fingerprint density at radius 1 is 1.24 bits per heavy atom. The fraction of sp³-hybridized carbons (Fsp3) is 0.188. The first-order chi connectivity index (χ1) is 10.0. The predicted molar refractivity (Wildman–Crippen MR) is 79.6 cm³/mol. The highest BCUT2D eigenvalue weighted by atomic mass is 19.1. The Hall–Kier alpha value is -2.56. The number of hydrogen-bond acceptors (Lipinski definition) is 3. The summed E-state index contributed by atoms with van der Waals surface area (Å²) in [6.07, 6.45) is 0. The first-order valence-corrected chi connectivity index (χ1v) is 6.54. The molecule has 0 bridgehead atoms. The smallest absolute Gasteiger partial charge is 0.255 e. The normalized spacial score (nSPS) is 10.2. The highest BCUT2D eigenvalue weighted by Gasteiger charge is 2.01. The van der Waals surface area contributed by atoms with E-state index in [9.17, 15) is 9.18 Å². The Bertz CT molecular complexity index is 627. The van der Waals surface area contributed by atoms with Crippen molar-refractivity contribution in [3.63, 3.8) is 0 Å². The fourth-order valence-electron chi connectivity index (χ4n) is 1.77. The van der Waals surface area contributed by atoms with Gasteiger partial charge in [0.05, 0.1) is 0 Å². The Balaban J connectivity index is 1.91. The van der Waals surface area contributed by atoms with Crippen molar-refractivity contribution in [1.82, 2.24) is 0 Å². The molecule has 0 aliphatic carbocycles. The number of rotatable bonds is 6. The van der Waals surface area contributed by atoms with Crippen molar-refractivity contribution in [1.29, 1.82) is 0 Å². The largest absolute Gasteiger partial charge is 0.484 e. The maximum absolute atomic E-state index is 13.4. The molecule has 0 aliphatic heterocycles. The van der Waals surface area contributed by atoms with Crippen LogP contribution in [-0.2, 0) is 11.3 Å². The number of nitrogens with one attached hydrogen (secondary N) is 1. The number of aryl methyl sites for hydroxylation is 1. The molecule has 0 saturated carbocycles. The molecule has 0 radical (unpaired) electrons.